The van der Waals surface area contributed by atoms with Gasteiger partial charge in [0, 0.05) is 58.9 Å². The number of urea groups is 1. The third kappa shape index (κ3) is 13.7. The van der Waals surface area contributed by atoms with Crippen molar-refractivity contribution < 1.29 is 62.8 Å². The zero-order valence-corrected chi connectivity index (χ0v) is 39.6. The maximum atomic E-state index is 12.7. The molecular weight excluding hydrogens is 1030 g/mol. The van der Waals surface area contributed by atoms with Crippen LogP contribution in [-0.2, 0) is 49.7 Å². The Hall–Kier alpha value is -6.86. The number of fused-ring (bicyclic) bond motifs is 2. The number of benzene rings is 4. The van der Waals surface area contributed by atoms with Crippen LogP contribution in [0.15, 0.2) is 148 Å². The first kappa shape index (κ1) is 52.5. The molecule has 3 heterocycles. The van der Waals surface area contributed by atoms with Gasteiger partial charge in [-0.1, -0.05) is 42.5 Å². The number of aromatic nitrogens is 3. The van der Waals surface area contributed by atoms with Gasteiger partial charge in [0.15, 0.2) is 19.7 Å². The zero-order chi connectivity index (χ0) is 51.2. The zero-order valence-electron chi connectivity index (χ0n) is 36.4. The molecule has 0 saturated carbocycles. The molecule has 3 aromatic heterocycles. The lowest BCUT2D eigenvalue weighted by molar-refractivity contribution is -0.138. The fourth-order valence-corrected chi connectivity index (χ4v) is 8.50. The van der Waals surface area contributed by atoms with E-state index in [0.29, 0.717) is 34.4 Å². The van der Waals surface area contributed by atoms with Crippen molar-refractivity contribution >= 4 is 88.2 Å². The summed E-state index contributed by atoms with van der Waals surface area (Å²) in [5.41, 5.74) is 4.16. The Labute approximate surface area is 405 Å². The van der Waals surface area contributed by atoms with Crippen molar-refractivity contribution in [2.45, 2.75) is 35.0 Å². The maximum absolute atomic E-state index is 12.7. The van der Waals surface area contributed by atoms with E-state index < -0.39 is 56.3 Å². The predicted molar refractivity (Wildman–Crippen MR) is 255 cm³/mol. The highest BCUT2D eigenvalue weighted by Crippen LogP contribution is 2.35. The monoisotopic (exact) mass is 1070 g/mol. The number of carbonyl (C=O) groups is 2. The summed E-state index contributed by atoms with van der Waals surface area (Å²) in [6.45, 7) is 0. The van der Waals surface area contributed by atoms with Crippen molar-refractivity contribution in [2.24, 2.45) is 0 Å². The van der Waals surface area contributed by atoms with Gasteiger partial charge in [-0.05, 0) is 111 Å². The van der Waals surface area contributed by atoms with Crippen LogP contribution in [0.5, 0.6) is 0 Å². The molecule has 0 fully saturated rings. The maximum Gasteiger partial charge on any atom is 0.488 e. The summed E-state index contributed by atoms with van der Waals surface area (Å²) in [6.07, 6.45) is 0.493. The minimum Gasteiger partial charge on any atom is -0.423 e. The summed E-state index contributed by atoms with van der Waals surface area (Å²) < 4.78 is 122. The number of halogens is 7. The third-order valence-electron chi connectivity index (χ3n) is 10.2. The van der Waals surface area contributed by atoms with Crippen LogP contribution in [0, 0.1) is 0 Å². The van der Waals surface area contributed by atoms with E-state index in [2.05, 4.69) is 46.8 Å². The Bertz CT molecular complexity index is 3280. The molecule has 0 saturated heterocycles. The summed E-state index contributed by atoms with van der Waals surface area (Å²) >= 11 is 3.37. The van der Waals surface area contributed by atoms with Gasteiger partial charge in [0.2, 0.25) is 5.91 Å². The first-order valence-electron chi connectivity index (χ1n) is 20.3. The summed E-state index contributed by atoms with van der Waals surface area (Å²) in [5.74, 6) is -0.365. The van der Waals surface area contributed by atoms with E-state index in [1.807, 2.05) is 6.08 Å². The second-order valence-electron chi connectivity index (χ2n) is 15.3. The smallest absolute Gasteiger partial charge is 0.423 e. The molecule has 7 aromatic rings. The molecular formula is C46H38BBrF6N6O8S2. The van der Waals surface area contributed by atoms with E-state index in [9.17, 15) is 52.8 Å². The van der Waals surface area contributed by atoms with Crippen LogP contribution in [0.3, 0.4) is 0 Å². The number of rotatable bonds is 9. The van der Waals surface area contributed by atoms with E-state index in [0.717, 1.165) is 63.6 Å². The minimum atomic E-state index is -4.43. The molecule has 0 radical (unpaired) electrons. The van der Waals surface area contributed by atoms with Crippen molar-refractivity contribution in [3.8, 4) is 11.1 Å². The van der Waals surface area contributed by atoms with Crippen LogP contribution in [0.1, 0.15) is 27.9 Å². The van der Waals surface area contributed by atoms with Crippen LogP contribution >= 0.6 is 15.9 Å². The summed E-state index contributed by atoms with van der Waals surface area (Å²) in [4.78, 5) is 36.4. The fourth-order valence-electron chi connectivity index (χ4n) is 6.72. The number of nitrogens with zero attached hydrogens (tertiary/aromatic N) is 2. The third-order valence-corrected chi connectivity index (χ3v) is 13.1. The first-order valence-corrected chi connectivity index (χ1v) is 24.8. The molecule has 24 heteroatoms. The summed E-state index contributed by atoms with van der Waals surface area (Å²) in [7, 11) is -8.09. The van der Waals surface area contributed by atoms with Crippen molar-refractivity contribution in [1.82, 2.24) is 20.3 Å². The topological polar surface area (TPSA) is 221 Å². The number of nitrogens with one attached hydrogen (secondary N) is 4. The predicted octanol–water partition coefficient (Wildman–Crippen LogP) is 8.18. The fraction of sp³-hybridized carbons (Fsp3) is 0.130. The number of hydrogen-bond donors (Lipinski definition) is 6. The Morgan fingerprint density at radius 3 is 1.80 bits per heavy atom. The molecule has 4 aromatic carbocycles. The van der Waals surface area contributed by atoms with Gasteiger partial charge in [-0.15, -0.1) is 0 Å². The van der Waals surface area contributed by atoms with Gasteiger partial charge in [0.1, 0.15) is 5.65 Å². The number of carbonyl (C=O) groups excluding carboxylic acids is 2. The second-order valence-corrected chi connectivity index (χ2v) is 20.2. The Balaban J connectivity index is 0.000000189. The number of anilines is 2. The molecule has 6 N–H and O–H groups in total. The molecule has 0 unspecified atom stereocenters. The lowest BCUT2D eigenvalue weighted by atomic mass is 9.81. The number of amides is 3. The molecule has 1 aliphatic rings. The van der Waals surface area contributed by atoms with Crippen molar-refractivity contribution in [1.29, 1.82) is 0 Å². The van der Waals surface area contributed by atoms with Crippen LogP contribution in [0.2, 0.25) is 0 Å². The van der Waals surface area contributed by atoms with Gasteiger partial charge in [-0.3, -0.25) is 9.78 Å². The average molecular weight is 1070 g/mol. The first-order chi connectivity index (χ1) is 32.8. The number of alkyl halides is 6. The highest BCUT2D eigenvalue weighted by Gasteiger charge is 2.31. The molecule has 14 nitrogen and oxygen atoms in total. The van der Waals surface area contributed by atoms with Gasteiger partial charge in [-0.2, -0.15) is 26.3 Å². The van der Waals surface area contributed by atoms with Crippen molar-refractivity contribution in [3.05, 3.63) is 166 Å². The van der Waals surface area contributed by atoms with Crippen LogP contribution in [-0.4, -0.2) is 73.4 Å². The number of aromatic amines is 1. The lowest BCUT2D eigenvalue weighted by Crippen LogP contribution is -2.29. The normalized spacial score (nSPS) is 12.4. The summed E-state index contributed by atoms with van der Waals surface area (Å²) in [5, 5.41) is 26.1. The average Bonchev–Trinajstić information content (AvgIpc) is 3.90. The number of H-pyrrole nitrogens is 1. The van der Waals surface area contributed by atoms with E-state index in [1.54, 1.807) is 42.9 Å². The Kier molecular flexibility index (Phi) is 16.1. The van der Waals surface area contributed by atoms with Crippen LogP contribution in [0.25, 0.3) is 27.9 Å². The highest BCUT2D eigenvalue weighted by molar-refractivity contribution is 9.10. The summed E-state index contributed by atoms with van der Waals surface area (Å²) in [6, 6.07) is 23.5. The quantitative estimate of drug-likeness (QED) is 0.0601. The highest BCUT2D eigenvalue weighted by atomic mass is 79.9. The van der Waals surface area contributed by atoms with Gasteiger partial charge in [-0.25, -0.2) is 26.6 Å². The molecule has 0 spiro atoms. The van der Waals surface area contributed by atoms with E-state index in [-0.39, 0.29) is 33.3 Å². The van der Waals surface area contributed by atoms with E-state index in [1.165, 1.54) is 60.7 Å². The molecule has 0 bridgehead atoms. The van der Waals surface area contributed by atoms with Gasteiger partial charge < -0.3 is 31.0 Å². The van der Waals surface area contributed by atoms with E-state index >= 15 is 0 Å². The Morgan fingerprint density at radius 1 is 0.714 bits per heavy atom. The molecule has 8 rings (SSSR count). The largest absolute Gasteiger partial charge is 0.488 e. The van der Waals surface area contributed by atoms with Gasteiger partial charge >= 0.3 is 25.5 Å². The molecule has 364 valence electrons. The molecule has 0 atom stereocenters. The minimum absolute atomic E-state index is 0.0799. The second kappa shape index (κ2) is 21.4. The number of pyridine rings is 2. The van der Waals surface area contributed by atoms with E-state index in [4.69, 9.17) is 10.0 Å². The van der Waals surface area contributed by atoms with Crippen molar-refractivity contribution in [2.75, 3.05) is 23.1 Å². The molecule has 3 amide bonds. The molecule has 0 aliphatic heterocycles. The van der Waals surface area contributed by atoms with Gasteiger partial charge in [0.25, 0.3) is 0 Å². The standard InChI is InChI=1S/C24H19F3N2O3S.C15H10BrF3N4O.C7H9BO4S/c1-33(31,32)18-8-4-16(5-9-18)19-12-13-28-20-10-11-21(23(19)20)29-22(30)14-15-2-6-17(7-3-15)24(25,26)27;16-10-5-6-20-13-12(10)11(7-21-13)23-14(24)22-9-3-1-8(2-4-9)15(17,18)19;1-13(11,12)7-4-2-6(3-5-7)8(9)10/h2-9,11-13H,10,14H2,1H3,(H,29,30);1-7H,(H,20,21)(H2,22,23,24);2-5,9-10H,1H3. The van der Waals surface area contributed by atoms with Crippen LogP contribution in [0.4, 0.5) is 42.5 Å². The van der Waals surface area contributed by atoms with Crippen molar-refractivity contribution in [3.63, 3.8) is 0 Å². The molecule has 1 aliphatic carbocycles. The number of allylic oxidation sites excluding steroid dienone is 1. The van der Waals surface area contributed by atoms with Gasteiger partial charge in [0.05, 0.1) is 44.1 Å². The number of sulfone groups is 2. The SMILES string of the molecule is CS(=O)(=O)c1ccc(-c2ccnc3c2C(NC(=O)Cc2ccc(C(F)(F)F)cc2)=CC3)cc1.CS(=O)(=O)c1ccc(B(O)O)cc1.O=C(Nc1ccc(C(F)(F)F)cc1)Nc1c[nH]c2nccc(Br)c12. The molecule has 70 heavy (non-hydrogen) atoms. The Morgan fingerprint density at radius 2 is 1.26 bits per heavy atom. The lowest BCUT2D eigenvalue weighted by Gasteiger charge is -2.14. The van der Waals surface area contributed by atoms with Crippen LogP contribution < -0.4 is 21.4 Å². The number of hydrogen-bond acceptors (Lipinski definition) is 10.